The van der Waals surface area contributed by atoms with Crippen molar-refractivity contribution in [3.8, 4) is 0 Å². The van der Waals surface area contributed by atoms with Crippen molar-refractivity contribution in [3.05, 3.63) is 35.4 Å². The third kappa shape index (κ3) is 4.05. The van der Waals surface area contributed by atoms with Crippen molar-refractivity contribution in [1.29, 1.82) is 0 Å². The zero-order valence-electron chi connectivity index (χ0n) is 12.1. The Balaban J connectivity index is 1.50. The molecule has 2 fully saturated rings. The Kier molecular flexibility index (Phi) is 4.19. The van der Waals surface area contributed by atoms with E-state index in [1.54, 1.807) is 0 Å². The molecule has 0 spiro atoms. The first-order chi connectivity index (χ1) is 9.29. The smallest absolute Gasteiger partial charge is 0.0233 e. The van der Waals surface area contributed by atoms with E-state index in [-0.39, 0.29) is 0 Å². The van der Waals surface area contributed by atoms with Gasteiger partial charge in [0, 0.05) is 25.7 Å². The predicted molar refractivity (Wildman–Crippen MR) is 80.0 cm³/mol. The minimum absolute atomic E-state index is 0.800. The number of nitrogens with zero attached hydrogens (tertiary/aromatic N) is 1. The van der Waals surface area contributed by atoms with Crippen LogP contribution < -0.4 is 5.32 Å². The first-order valence-corrected chi connectivity index (χ1v) is 7.83. The van der Waals surface area contributed by atoms with Crippen LogP contribution in [0.15, 0.2) is 24.3 Å². The van der Waals surface area contributed by atoms with E-state index in [1.807, 2.05) is 0 Å². The number of nitrogens with one attached hydrogen (secondary N) is 1. The molecule has 0 aromatic heterocycles. The lowest BCUT2D eigenvalue weighted by Crippen LogP contribution is -2.33. The van der Waals surface area contributed by atoms with Crippen molar-refractivity contribution >= 4 is 0 Å². The molecule has 1 aromatic carbocycles. The molecule has 2 aliphatic rings. The summed E-state index contributed by atoms with van der Waals surface area (Å²) in [6.45, 7) is 7.07. The topological polar surface area (TPSA) is 15.3 Å². The second kappa shape index (κ2) is 6.06. The standard InChI is InChI=1S/C17H26N2/c1-14-3-2-10-19(12-14)13-16-6-4-15(5-7-16)11-18-17-8-9-17/h4-7,14,17-18H,2-3,8-13H2,1H3. The van der Waals surface area contributed by atoms with Gasteiger partial charge in [-0.2, -0.15) is 0 Å². The zero-order chi connectivity index (χ0) is 13.1. The zero-order valence-corrected chi connectivity index (χ0v) is 12.1. The highest BCUT2D eigenvalue weighted by molar-refractivity contribution is 5.22. The Morgan fingerprint density at radius 1 is 1.11 bits per heavy atom. The van der Waals surface area contributed by atoms with Gasteiger partial charge in [0.05, 0.1) is 0 Å². The quantitative estimate of drug-likeness (QED) is 0.872. The summed E-state index contributed by atoms with van der Waals surface area (Å²) in [4.78, 5) is 2.60. The van der Waals surface area contributed by atoms with E-state index in [2.05, 4.69) is 41.4 Å². The van der Waals surface area contributed by atoms with Crippen LogP contribution in [-0.2, 0) is 13.1 Å². The number of rotatable bonds is 5. The molecule has 1 unspecified atom stereocenters. The molecule has 3 rings (SSSR count). The van der Waals surface area contributed by atoms with Gasteiger partial charge in [0.2, 0.25) is 0 Å². The lowest BCUT2D eigenvalue weighted by atomic mass is 9.99. The number of benzene rings is 1. The molecule has 1 heterocycles. The summed E-state index contributed by atoms with van der Waals surface area (Å²) in [5.41, 5.74) is 2.88. The molecule has 1 aliphatic heterocycles. The maximum absolute atomic E-state index is 3.57. The van der Waals surface area contributed by atoms with Gasteiger partial charge in [0.25, 0.3) is 0 Å². The van der Waals surface area contributed by atoms with E-state index >= 15 is 0 Å². The lowest BCUT2D eigenvalue weighted by molar-refractivity contribution is 0.176. The molecule has 2 heteroatoms. The number of likely N-dealkylation sites (tertiary alicyclic amines) is 1. The average Bonchev–Trinajstić information content (AvgIpc) is 3.22. The highest BCUT2D eigenvalue weighted by atomic mass is 15.1. The van der Waals surface area contributed by atoms with Crippen LogP contribution in [0.1, 0.15) is 43.7 Å². The van der Waals surface area contributed by atoms with Gasteiger partial charge in [-0.25, -0.2) is 0 Å². The van der Waals surface area contributed by atoms with Gasteiger partial charge in [0.1, 0.15) is 0 Å². The van der Waals surface area contributed by atoms with Crippen molar-refractivity contribution in [3.63, 3.8) is 0 Å². The summed E-state index contributed by atoms with van der Waals surface area (Å²) >= 11 is 0. The van der Waals surface area contributed by atoms with Crippen LogP contribution in [0.3, 0.4) is 0 Å². The fourth-order valence-electron chi connectivity index (χ4n) is 3.00. The van der Waals surface area contributed by atoms with Gasteiger partial charge < -0.3 is 5.32 Å². The monoisotopic (exact) mass is 258 g/mol. The molecule has 0 amide bonds. The van der Waals surface area contributed by atoms with Crippen molar-refractivity contribution in [2.75, 3.05) is 13.1 Å². The Morgan fingerprint density at radius 3 is 2.53 bits per heavy atom. The first kappa shape index (κ1) is 13.1. The molecule has 2 nitrogen and oxygen atoms in total. The molecule has 0 radical (unpaired) electrons. The van der Waals surface area contributed by atoms with Gasteiger partial charge in [-0.05, 0) is 49.3 Å². The van der Waals surface area contributed by atoms with Crippen LogP contribution in [0.4, 0.5) is 0 Å². The van der Waals surface area contributed by atoms with Crippen molar-refractivity contribution in [1.82, 2.24) is 10.2 Å². The molecule has 104 valence electrons. The molecule has 1 saturated heterocycles. The summed E-state index contributed by atoms with van der Waals surface area (Å²) in [5.74, 6) is 0.871. The van der Waals surface area contributed by atoms with Crippen LogP contribution in [0.2, 0.25) is 0 Å². The van der Waals surface area contributed by atoms with Crippen molar-refractivity contribution in [2.45, 2.75) is 51.7 Å². The Bertz CT molecular complexity index is 394. The Morgan fingerprint density at radius 2 is 1.84 bits per heavy atom. The largest absolute Gasteiger partial charge is 0.310 e. The molecule has 0 bridgehead atoms. The fourth-order valence-corrected chi connectivity index (χ4v) is 3.00. The number of piperidine rings is 1. The number of hydrogen-bond donors (Lipinski definition) is 1. The highest BCUT2D eigenvalue weighted by Gasteiger charge is 2.20. The van der Waals surface area contributed by atoms with Crippen molar-refractivity contribution in [2.24, 2.45) is 5.92 Å². The molecule has 1 atom stereocenters. The van der Waals surface area contributed by atoms with Crippen LogP contribution in [-0.4, -0.2) is 24.0 Å². The fraction of sp³-hybridized carbons (Fsp3) is 0.647. The second-order valence-electron chi connectivity index (χ2n) is 6.45. The Labute approximate surface area is 117 Å². The third-order valence-electron chi connectivity index (χ3n) is 4.34. The van der Waals surface area contributed by atoms with Crippen molar-refractivity contribution < 1.29 is 0 Å². The van der Waals surface area contributed by atoms with Crippen LogP contribution in [0, 0.1) is 5.92 Å². The molecule has 19 heavy (non-hydrogen) atoms. The predicted octanol–water partition coefficient (Wildman–Crippen LogP) is 3.17. The number of hydrogen-bond acceptors (Lipinski definition) is 2. The first-order valence-electron chi connectivity index (χ1n) is 7.83. The molecule has 1 aliphatic carbocycles. The van der Waals surface area contributed by atoms with Crippen LogP contribution in [0.25, 0.3) is 0 Å². The summed E-state index contributed by atoms with van der Waals surface area (Å²) in [6, 6.07) is 10.00. The lowest BCUT2D eigenvalue weighted by Gasteiger charge is -2.30. The van der Waals surface area contributed by atoms with E-state index in [9.17, 15) is 0 Å². The third-order valence-corrected chi connectivity index (χ3v) is 4.34. The normalized spacial score (nSPS) is 24.6. The van der Waals surface area contributed by atoms with Crippen LogP contribution in [0.5, 0.6) is 0 Å². The SMILES string of the molecule is CC1CCCN(Cc2ccc(CNC3CC3)cc2)C1. The summed E-state index contributed by atoms with van der Waals surface area (Å²) in [5, 5.41) is 3.57. The Hall–Kier alpha value is -0.860. The maximum atomic E-state index is 3.57. The minimum atomic E-state index is 0.800. The van der Waals surface area contributed by atoms with Gasteiger partial charge in [-0.1, -0.05) is 31.2 Å². The maximum Gasteiger partial charge on any atom is 0.0233 e. The summed E-state index contributed by atoms with van der Waals surface area (Å²) < 4.78 is 0. The molecule has 1 aromatic rings. The molecular formula is C17H26N2. The van der Waals surface area contributed by atoms with Gasteiger partial charge in [-0.15, -0.1) is 0 Å². The van der Waals surface area contributed by atoms with Gasteiger partial charge >= 0.3 is 0 Å². The minimum Gasteiger partial charge on any atom is -0.310 e. The summed E-state index contributed by atoms with van der Waals surface area (Å²) in [6.07, 6.45) is 5.50. The van der Waals surface area contributed by atoms with Crippen LogP contribution >= 0.6 is 0 Å². The van der Waals surface area contributed by atoms with Gasteiger partial charge in [-0.3, -0.25) is 4.90 Å². The van der Waals surface area contributed by atoms with E-state index < -0.39 is 0 Å². The van der Waals surface area contributed by atoms with E-state index in [0.29, 0.717) is 0 Å². The highest BCUT2D eigenvalue weighted by Crippen LogP contribution is 2.20. The van der Waals surface area contributed by atoms with E-state index in [4.69, 9.17) is 0 Å². The van der Waals surface area contributed by atoms with E-state index in [0.717, 1.165) is 25.0 Å². The molecular weight excluding hydrogens is 232 g/mol. The summed E-state index contributed by atoms with van der Waals surface area (Å²) in [7, 11) is 0. The average molecular weight is 258 g/mol. The molecule has 1 N–H and O–H groups in total. The second-order valence-corrected chi connectivity index (χ2v) is 6.45. The molecule has 1 saturated carbocycles. The van der Waals surface area contributed by atoms with E-state index in [1.165, 1.54) is 49.9 Å². The van der Waals surface area contributed by atoms with Gasteiger partial charge in [0.15, 0.2) is 0 Å².